The summed E-state index contributed by atoms with van der Waals surface area (Å²) in [4.78, 5) is 0. The van der Waals surface area contributed by atoms with Crippen LogP contribution in [-0.2, 0) is 0 Å². The maximum atomic E-state index is 14.8. The van der Waals surface area contributed by atoms with E-state index < -0.39 is 23.3 Å². The molecule has 0 heterocycles. The summed E-state index contributed by atoms with van der Waals surface area (Å²) in [5.41, 5.74) is 2.36. The molecule has 1 fully saturated rings. The van der Waals surface area contributed by atoms with Crippen LogP contribution in [0.5, 0.6) is 0 Å². The standard InChI is InChI=1S/C27H26F4/c1-17(19-5-3-2-4-6-19)13-18-7-9-20(10-8-18)21-11-12-23(24(28)14-21)22-15-25(29)27(31)26(30)16-22/h2-6,11-12,14-18,20H,7-10,13H2,1H3/t17-,18?,20?/m1/s1. The highest BCUT2D eigenvalue weighted by molar-refractivity contribution is 5.65. The van der Waals surface area contributed by atoms with Crippen LogP contribution in [0.4, 0.5) is 17.6 Å². The lowest BCUT2D eigenvalue weighted by Crippen LogP contribution is -2.15. The second kappa shape index (κ2) is 9.25. The Balaban J connectivity index is 1.41. The molecule has 0 amide bonds. The molecular weight excluding hydrogens is 400 g/mol. The van der Waals surface area contributed by atoms with Gasteiger partial charge < -0.3 is 0 Å². The lowest BCUT2D eigenvalue weighted by Gasteiger charge is -2.30. The summed E-state index contributed by atoms with van der Waals surface area (Å²) >= 11 is 0. The zero-order valence-electron chi connectivity index (χ0n) is 17.6. The highest BCUT2D eigenvalue weighted by atomic mass is 19.2. The molecule has 0 bridgehead atoms. The molecule has 31 heavy (non-hydrogen) atoms. The average molecular weight is 426 g/mol. The van der Waals surface area contributed by atoms with Gasteiger partial charge in [0.05, 0.1) is 0 Å². The smallest absolute Gasteiger partial charge is 0.194 e. The van der Waals surface area contributed by atoms with E-state index in [0.717, 1.165) is 49.8 Å². The average Bonchev–Trinajstić information content (AvgIpc) is 2.78. The molecular formula is C27H26F4. The predicted molar refractivity (Wildman–Crippen MR) is 116 cm³/mol. The van der Waals surface area contributed by atoms with Gasteiger partial charge in [-0.3, -0.25) is 0 Å². The third kappa shape index (κ3) is 4.84. The van der Waals surface area contributed by atoms with Crippen LogP contribution in [0.3, 0.4) is 0 Å². The Kier molecular flexibility index (Phi) is 6.45. The Morgan fingerprint density at radius 3 is 2.03 bits per heavy atom. The highest BCUT2D eigenvalue weighted by Gasteiger charge is 2.25. The number of hydrogen-bond acceptors (Lipinski definition) is 0. The van der Waals surface area contributed by atoms with Crippen molar-refractivity contribution in [2.75, 3.05) is 0 Å². The predicted octanol–water partition coefficient (Wildman–Crippen LogP) is 8.38. The molecule has 0 N–H and O–H groups in total. The minimum absolute atomic E-state index is 0.000872. The summed E-state index contributed by atoms with van der Waals surface area (Å²) in [6, 6.07) is 17.0. The van der Waals surface area contributed by atoms with Crippen LogP contribution in [0.2, 0.25) is 0 Å². The summed E-state index contributed by atoms with van der Waals surface area (Å²) in [6.45, 7) is 2.27. The molecule has 3 aromatic carbocycles. The summed E-state index contributed by atoms with van der Waals surface area (Å²) in [7, 11) is 0. The van der Waals surface area contributed by atoms with E-state index in [2.05, 4.69) is 31.2 Å². The van der Waals surface area contributed by atoms with Gasteiger partial charge in [-0.15, -0.1) is 0 Å². The lowest BCUT2D eigenvalue weighted by molar-refractivity contribution is 0.297. The molecule has 0 nitrogen and oxygen atoms in total. The van der Waals surface area contributed by atoms with Crippen molar-refractivity contribution in [2.24, 2.45) is 5.92 Å². The molecule has 0 saturated heterocycles. The van der Waals surface area contributed by atoms with Crippen molar-refractivity contribution in [3.63, 3.8) is 0 Å². The summed E-state index contributed by atoms with van der Waals surface area (Å²) in [5, 5.41) is 0. The first-order chi connectivity index (χ1) is 14.9. The van der Waals surface area contributed by atoms with Crippen LogP contribution >= 0.6 is 0 Å². The molecule has 3 aromatic rings. The Morgan fingerprint density at radius 2 is 1.42 bits per heavy atom. The Bertz CT molecular complexity index is 1010. The van der Waals surface area contributed by atoms with Crippen LogP contribution in [0.15, 0.2) is 60.7 Å². The van der Waals surface area contributed by atoms with Crippen LogP contribution < -0.4 is 0 Å². The van der Waals surface area contributed by atoms with Gasteiger partial charge in [0.25, 0.3) is 0 Å². The second-order valence-corrected chi connectivity index (χ2v) is 8.76. The minimum atomic E-state index is -1.54. The first kappa shape index (κ1) is 21.6. The van der Waals surface area contributed by atoms with Crippen LogP contribution in [-0.4, -0.2) is 0 Å². The quantitative estimate of drug-likeness (QED) is 0.284. The fraction of sp³-hybridized carbons (Fsp3) is 0.333. The fourth-order valence-corrected chi connectivity index (χ4v) is 4.88. The zero-order chi connectivity index (χ0) is 22.0. The van der Waals surface area contributed by atoms with Gasteiger partial charge in [0.2, 0.25) is 0 Å². The van der Waals surface area contributed by atoms with E-state index in [1.807, 2.05) is 12.1 Å². The second-order valence-electron chi connectivity index (χ2n) is 8.76. The van der Waals surface area contributed by atoms with Crippen molar-refractivity contribution in [2.45, 2.75) is 50.9 Å². The number of benzene rings is 3. The van der Waals surface area contributed by atoms with Crippen molar-refractivity contribution in [1.29, 1.82) is 0 Å². The SMILES string of the molecule is C[C@H](CC1CCC(c2ccc(-c3cc(F)c(F)c(F)c3)c(F)c2)CC1)c1ccccc1. The zero-order valence-corrected chi connectivity index (χ0v) is 17.6. The van der Waals surface area contributed by atoms with E-state index >= 15 is 0 Å². The maximum absolute atomic E-state index is 14.8. The summed E-state index contributed by atoms with van der Waals surface area (Å²) in [6.07, 6.45) is 5.39. The van der Waals surface area contributed by atoms with E-state index in [-0.39, 0.29) is 17.0 Å². The molecule has 0 aromatic heterocycles. The fourth-order valence-electron chi connectivity index (χ4n) is 4.88. The molecule has 0 unspecified atom stereocenters. The Labute approximate surface area is 180 Å². The molecule has 1 saturated carbocycles. The van der Waals surface area contributed by atoms with E-state index in [4.69, 9.17) is 0 Å². The van der Waals surface area contributed by atoms with Gasteiger partial charge in [-0.05, 0) is 84.7 Å². The number of rotatable bonds is 5. The van der Waals surface area contributed by atoms with Gasteiger partial charge in [0.15, 0.2) is 17.5 Å². The minimum Gasteiger partial charge on any atom is -0.206 e. The van der Waals surface area contributed by atoms with E-state index in [1.54, 1.807) is 6.07 Å². The summed E-state index contributed by atoms with van der Waals surface area (Å²) < 4.78 is 55.0. The monoisotopic (exact) mass is 426 g/mol. The topological polar surface area (TPSA) is 0 Å². The van der Waals surface area contributed by atoms with E-state index in [9.17, 15) is 17.6 Å². The summed E-state index contributed by atoms with van der Waals surface area (Å²) in [5.74, 6) is -3.24. The van der Waals surface area contributed by atoms with Crippen molar-refractivity contribution in [3.8, 4) is 11.1 Å². The normalized spacial score (nSPS) is 19.9. The van der Waals surface area contributed by atoms with E-state index in [0.29, 0.717) is 11.8 Å². The lowest BCUT2D eigenvalue weighted by atomic mass is 9.75. The molecule has 1 aliphatic rings. The van der Waals surface area contributed by atoms with Crippen LogP contribution in [0.1, 0.15) is 62.0 Å². The van der Waals surface area contributed by atoms with Gasteiger partial charge in [-0.1, -0.05) is 49.4 Å². The van der Waals surface area contributed by atoms with Gasteiger partial charge in [-0.2, -0.15) is 0 Å². The van der Waals surface area contributed by atoms with E-state index in [1.165, 1.54) is 11.6 Å². The molecule has 0 radical (unpaired) electrons. The number of hydrogen-bond donors (Lipinski definition) is 0. The van der Waals surface area contributed by atoms with Gasteiger partial charge in [0.1, 0.15) is 5.82 Å². The largest absolute Gasteiger partial charge is 0.206 e. The molecule has 1 aliphatic carbocycles. The number of halogens is 4. The third-order valence-corrected chi connectivity index (χ3v) is 6.66. The first-order valence-corrected chi connectivity index (χ1v) is 10.9. The van der Waals surface area contributed by atoms with Gasteiger partial charge >= 0.3 is 0 Å². The van der Waals surface area contributed by atoms with Crippen molar-refractivity contribution in [1.82, 2.24) is 0 Å². The molecule has 162 valence electrons. The maximum Gasteiger partial charge on any atom is 0.194 e. The van der Waals surface area contributed by atoms with Gasteiger partial charge in [-0.25, -0.2) is 17.6 Å². The van der Waals surface area contributed by atoms with Crippen molar-refractivity contribution >= 4 is 0 Å². The Hall–Kier alpha value is -2.62. The first-order valence-electron chi connectivity index (χ1n) is 10.9. The highest BCUT2D eigenvalue weighted by Crippen LogP contribution is 2.40. The molecule has 0 aliphatic heterocycles. The molecule has 4 heteroatoms. The van der Waals surface area contributed by atoms with Crippen molar-refractivity contribution in [3.05, 3.63) is 95.1 Å². The molecule has 1 atom stereocenters. The molecule has 0 spiro atoms. The van der Waals surface area contributed by atoms with Gasteiger partial charge in [0, 0.05) is 5.56 Å². The molecule has 4 rings (SSSR count). The van der Waals surface area contributed by atoms with Crippen molar-refractivity contribution < 1.29 is 17.6 Å². The van der Waals surface area contributed by atoms with Crippen LogP contribution in [0.25, 0.3) is 11.1 Å². The third-order valence-electron chi connectivity index (χ3n) is 6.66. The Morgan fingerprint density at radius 1 is 0.774 bits per heavy atom. The van der Waals surface area contributed by atoms with Crippen LogP contribution in [0, 0.1) is 29.2 Å².